The quantitative estimate of drug-likeness (QED) is 0.690. The van der Waals surface area contributed by atoms with Gasteiger partial charge in [-0.2, -0.15) is 0 Å². The van der Waals surface area contributed by atoms with Gasteiger partial charge in [0.15, 0.2) is 5.82 Å². The molecule has 0 radical (unpaired) electrons. The van der Waals surface area contributed by atoms with Crippen molar-refractivity contribution in [3.05, 3.63) is 72.4 Å². The van der Waals surface area contributed by atoms with Gasteiger partial charge < -0.3 is 14.4 Å². The standard InChI is InChI=1S/C23H25N5O/c1-17(2)15-28-19-8-5-12-25-21(19)27-13-6-9-20(27)23(28)10-14-26(16-23)22(29)18-7-3-4-11-24-18/h3-9,11-13,17H,10,14-16H2,1-2H3. The fourth-order valence-electron chi connectivity index (χ4n) is 4.78. The molecule has 148 valence electrons. The molecule has 1 saturated heterocycles. The highest BCUT2D eigenvalue weighted by molar-refractivity contribution is 5.92. The maximum atomic E-state index is 13.1. The molecule has 2 aliphatic rings. The van der Waals surface area contributed by atoms with Gasteiger partial charge in [-0.3, -0.25) is 9.78 Å². The highest BCUT2D eigenvalue weighted by Gasteiger charge is 2.51. The third-order valence-electron chi connectivity index (χ3n) is 5.99. The lowest BCUT2D eigenvalue weighted by atomic mass is 9.88. The van der Waals surface area contributed by atoms with E-state index in [4.69, 9.17) is 0 Å². The lowest BCUT2D eigenvalue weighted by Crippen LogP contribution is -2.54. The van der Waals surface area contributed by atoms with E-state index in [0.29, 0.717) is 24.7 Å². The van der Waals surface area contributed by atoms with Gasteiger partial charge in [-0.1, -0.05) is 19.9 Å². The van der Waals surface area contributed by atoms with E-state index in [-0.39, 0.29) is 11.4 Å². The predicted molar refractivity (Wildman–Crippen MR) is 112 cm³/mol. The predicted octanol–water partition coefficient (Wildman–Crippen LogP) is 3.48. The molecular formula is C23H25N5O. The van der Waals surface area contributed by atoms with E-state index in [9.17, 15) is 4.79 Å². The fourth-order valence-corrected chi connectivity index (χ4v) is 4.78. The summed E-state index contributed by atoms with van der Waals surface area (Å²) in [4.78, 5) is 26.5. The zero-order valence-corrected chi connectivity index (χ0v) is 16.8. The van der Waals surface area contributed by atoms with E-state index in [2.05, 4.69) is 57.7 Å². The van der Waals surface area contributed by atoms with Gasteiger partial charge in [0, 0.05) is 38.2 Å². The lowest BCUT2D eigenvalue weighted by Gasteiger charge is -2.47. The number of carbonyl (C=O) groups excluding carboxylic acids is 1. The summed E-state index contributed by atoms with van der Waals surface area (Å²) in [6.07, 6.45) is 6.49. The maximum Gasteiger partial charge on any atom is 0.272 e. The maximum absolute atomic E-state index is 13.1. The molecule has 1 spiro atoms. The minimum Gasteiger partial charge on any atom is -0.355 e. The molecule has 0 saturated carbocycles. The third-order valence-corrected chi connectivity index (χ3v) is 5.99. The van der Waals surface area contributed by atoms with Crippen LogP contribution in [0.25, 0.3) is 5.82 Å². The van der Waals surface area contributed by atoms with Gasteiger partial charge in [-0.15, -0.1) is 0 Å². The lowest BCUT2D eigenvalue weighted by molar-refractivity contribution is 0.0776. The molecule has 2 aliphatic heterocycles. The van der Waals surface area contributed by atoms with E-state index >= 15 is 0 Å². The van der Waals surface area contributed by atoms with Gasteiger partial charge in [-0.25, -0.2) is 4.98 Å². The normalized spacial score (nSPS) is 20.2. The molecule has 5 heterocycles. The van der Waals surface area contributed by atoms with E-state index in [1.165, 1.54) is 5.69 Å². The number of hydrogen-bond donors (Lipinski definition) is 0. The summed E-state index contributed by atoms with van der Waals surface area (Å²) in [5, 5.41) is 0. The van der Waals surface area contributed by atoms with Crippen molar-refractivity contribution in [1.82, 2.24) is 19.4 Å². The molecule has 6 nitrogen and oxygen atoms in total. The van der Waals surface area contributed by atoms with Crippen molar-refractivity contribution < 1.29 is 4.79 Å². The Morgan fingerprint density at radius 3 is 2.76 bits per heavy atom. The number of carbonyl (C=O) groups is 1. The van der Waals surface area contributed by atoms with E-state index in [1.807, 2.05) is 29.3 Å². The van der Waals surface area contributed by atoms with Crippen molar-refractivity contribution in [1.29, 1.82) is 0 Å². The van der Waals surface area contributed by atoms with Crippen LogP contribution in [-0.4, -0.2) is 45.0 Å². The molecule has 0 N–H and O–H groups in total. The van der Waals surface area contributed by atoms with Gasteiger partial charge in [-0.05, 0) is 48.7 Å². The van der Waals surface area contributed by atoms with Crippen molar-refractivity contribution in [2.75, 3.05) is 24.5 Å². The number of anilines is 1. The Morgan fingerprint density at radius 2 is 1.97 bits per heavy atom. The Labute approximate surface area is 170 Å². The smallest absolute Gasteiger partial charge is 0.272 e. The van der Waals surface area contributed by atoms with Crippen LogP contribution in [0.1, 0.15) is 36.5 Å². The monoisotopic (exact) mass is 387 g/mol. The molecule has 0 aliphatic carbocycles. The van der Waals surface area contributed by atoms with Crippen LogP contribution in [-0.2, 0) is 5.54 Å². The summed E-state index contributed by atoms with van der Waals surface area (Å²) < 4.78 is 2.20. The first-order valence-corrected chi connectivity index (χ1v) is 10.2. The van der Waals surface area contributed by atoms with Crippen LogP contribution in [0.15, 0.2) is 61.1 Å². The first-order valence-electron chi connectivity index (χ1n) is 10.2. The largest absolute Gasteiger partial charge is 0.355 e. The second-order valence-electron chi connectivity index (χ2n) is 8.34. The first-order chi connectivity index (χ1) is 14.1. The van der Waals surface area contributed by atoms with Gasteiger partial charge in [0.2, 0.25) is 0 Å². The Bertz CT molecular complexity index is 1040. The van der Waals surface area contributed by atoms with Crippen molar-refractivity contribution in [3.63, 3.8) is 0 Å². The van der Waals surface area contributed by atoms with Crippen LogP contribution in [0.5, 0.6) is 0 Å². The Balaban J connectivity index is 1.59. The Hall–Kier alpha value is -3.15. The summed E-state index contributed by atoms with van der Waals surface area (Å²) in [6.45, 7) is 6.75. The number of rotatable bonds is 3. The molecule has 0 bridgehead atoms. The van der Waals surface area contributed by atoms with Crippen molar-refractivity contribution in [2.45, 2.75) is 25.8 Å². The molecule has 5 rings (SSSR count). The van der Waals surface area contributed by atoms with Crippen molar-refractivity contribution in [2.24, 2.45) is 5.92 Å². The number of pyridine rings is 2. The molecule has 1 unspecified atom stereocenters. The molecule has 0 aromatic carbocycles. The number of fused-ring (bicyclic) bond motifs is 4. The van der Waals surface area contributed by atoms with E-state index < -0.39 is 0 Å². The van der Waals surface area contributed by atoms with Gasteiger partial charge in [0.25, 0.3) is 5.91 Å². The average Bonchev–Trinajstić information content (AvgIpc) is 3.40. The number of amides is 1. The van der Waals surface area contributed by atoms with Crippen molar-refractivity contribution in [3.8, 4) is 5.82 Å². The molecule has 1 fully saturated rings. The summed E-state index contributed by atoms with van der Waals surface area (Å²) in [5.41, 5.74) is 2.60. The van der Waals surface area contributed by atoms with E-state index in [1.54, 1.807) is 12.3 Å². The van der Waals surface area contributed by atoms with Gasteiger partial charge >= 0.3 is 0 Å². The summed E-state index contributed by atoms with van der Waals surface area (Å²) in [7, 11) is 0. The van der Waals surface area contributed by atoms with Crippen LogP contribution in [0, 0.1) is 5.92 Å². The molecule has 3 aromatic heterocycles. The number of likely N-dealkylation sites (tertiary alicyclic amines) is 1. The van der Waals surface area contributed by atoms with Crippen LogP contribution in [0.3, 0.4) is 0 Å². The SMILES string of the molecule is CC(C)CN1c2cccnc2-n2cccc2C12CCN(C(=O)c1ccccn1)C2. The Morgan fingerprint density at radius 1 is 1.10 bits per heavy atom. The van der Waals surface area contributed by atoms with Crippen LogP contribution in [0.2, 0.25) is 0 Å². The molecule has 29 heavy (non-hydrogen) atoms. The van der Waals surface area contributed by atoms with Crippen LogP contribution >= 0.6 is 0 Å². The topological polar surface area (TPSA) is 54.3 Å². The first kappa shape index (κ1) is 17.9. The molecule has 3 aromatic rings. The average molecular weight is 387 g/mol. The zero-order valence-electron chi connectivity index (χ0n) is 16.8. The molecular weight excluding hydrogens is 362 g/mol. The van der Waals surface area contributed by atoms with Gasteiger partial charge in [0.1, 0.15) is 11.2 Å². The third kappa shape index (κ3) is 2.74. The van der Waals surface area contributed by atoms with Crippen molar-refractivity contribution >= 4 is 11.6 Å². The highest BCUT2D eigenvalue weighted by Crippen LogP contribution is 2.47. The zero-order chi connectivity index (χ0) is 20.0. The number of nitrogens with zero attached hydrogens (tertiary/aromatic N) is 5. The second-order valence-corrected chi connectivity index (χ2v) is 8.34. The van der Waals surface area contributed by atoms with Crippen LogP contribution < -0.4 is 4.90 Å². The molecule has 1 atom stereocenters. The summed E-state index contributed by atoms with van der Waals surface area (Å²) >= 11 is 0. The van der Waals surface area contributed by atoms with E-state index in [0.717, 1.165) is 24.5 Å². The van der Waals surface area contributed by atoms with Crippen LogP contribution in [0.4, 0.5) is 5.69 Å². The number of hydrogen-bond acceptors (Lipinski definition) is 4. The van der Waals surface area contributed by atoms with Gasteiger partial charge in [0.05, 0.1) is 11.4 Å². The highest BCUT2D eigenvalue weighted by atomic mass is 16.2. The minimum atomic E-state index is -0.256. The Kier molecular flexibility index (Phi) is 4.15. The molecule has 1 amide bonds. The summed E-state index contributed by atoms with van der Waals surface area (Å²) in [6, 6.07) is 13.9. The number of aromatic nitrogens is 3. The molecule has 6 heteroatoms. The second kappa shape index (κ2) is 6.72. The summed E-state index contributed by atoms with van der Waals surface area (Å²) in [5.74, 6) is 1.46. The minimum absolute atomic E-state index is 0.00191. The fraction of sp³-hybridized carbons (Fsp3) is 0.348.